The SMILES string of the molecule is CN=C(NCC(C)CN1CCN(C)CC1)NC1CCN(c2c(F)cccc2F)C1.I. The van der Waals surface area contributed by atoms with Gasteiger partial charge in [0.2, 0.25) is 0 Å². The molecule has 0 radical (unpaired) electrons. The molecular formula is C21H35F2IN6. The number of nitrogens with zero attached hydrogens (tertiary/aromatic N) is 4. The number of hydrogen-bond donors (Lipinski definition) is 2. The first-order valence-electron chi connectivity index (χ1n) is 10.5. The van der Waals surface area contributed by atoms with Gasteiger partial charge < -0.3 is 25.3 Å². The number of guanidine groups is 1. The zero-order valence-electron chi connectivity index (χ0n) is 18.2. The van der Waals surface area contributed by atoms with Crippen LogP contribution in [-0.2, 0) is 0 Å². The predicted molar refractivity (Wildman–Crippen MR) is 130 cm³/mol. The quantitative estimate of drug-likeness (QED) is 0.332. The first kappa shape index (κ1) is 25.1. The van der Waals surface area contributed by atoms with Crippen LogP contribution in [0.5, 0.6) is 0 Å². The van der Waals surface area contributed by atoms with Crippen molar-refractivity contribution in [3.63, 3.8) is 0 Å². The maximum Gasteiger partial charge on any atom is 0.191 e. The van der Waals surface area contributed by atoms with Crippen LogP contribution in [0.1, 0.15) is 13.3 Å². The summed E-state index contributed by atoms with van der Waals surface area (Å²) in [5.74, 6) is 0.234. The zero-order chi connectivity index (χ0) is 20.8. The topological polar surface area (TPSA) is 46.1 Å². The van der Waals surface area contributed by atoms with Crippen molar-refractivity contribution >= 4 is 35.6 Å². The lowest BCUT2D eigenvalue weighted by molar-refractivity contribution is 0.139. The Hall–Kier alpha value is -1.20. The molecule has 1 aromatic rings. The van der Waals surface area contributed by atoms with Crippen LogP contribution in [0.15, 0.2) is 23.2 Å². The minimum absolute atomic E-state index is 0. The Labute approximate surface area is 196 Å². The van der Waals surface area contributed by atoms with Crippen LogP contribution < -0.4 is 15.5 Å². The second kappa shape index (κ2) is 12.0. The molecule has 170 valence electrons. The molecular weight excluding hydrogens is 501 g/mol. The number of rotatable bonds is 6. The van der Waals surface area contributed by atoms with Gasteiger partial charge in [0.1, 0.15) is 17.3 Å². The number of anilines is 1. The number of piperazine rings is 1. The van der Waals surface area contributed by atoms with Crippen molar-refractivity contribution in [1.82, 2.24) is 20.4 Å². The molecule has 0 spiro atoms. The van der Waals surface area contributed by atoms with E-state index in [1.807, 2.05) is 0 Å². The third-order valence-corrected chi connectivity index (χ3v) is 5.79. The summed E-state index contributed by atoms with van der Waals surface area (Å²) >= 11 is 0. The average Bonchev–Trinajstić information content (AvgIpc) is 3.15. The molecule has 0 bridgehead atoms. The fraction of sp³-hybridized carbons (Fsp3) is 0.667. The summed E-state index contributed by atoms with van der Waals surface area (Å²) in [5.41, 5.74) is 0.0699. The van der Waals surface area contributed by atoms with Crippen molar-refractivity contribution in [3.8, 4) is 0 Å². The van der Waals surface area contributed by atoms with E-state index < -0.39 is 11.6 Å². The van der Waals surface area contributed by atoms with E-state index in [2.05, 4.69) is 39.4 Å². The maximum atomic E-state index is 14.0. The Morgan fingerprint density at radius 2 is 1.83 bits per heavy atom. The fourth-order valence-electron chi connectivity index (χ4n) is 4.07. The standard InChI is InChI=1S/C21H34F2N6.HI/c1-16(14-28-11-9-27(3)10-12-28)13-25-21(24-2)26-17-7-8-29(15-17)20-18(22)5-4-6-19(20)23;/h4-6,16-17H,7-15H2,1-3H3,(H2,24,25,26);1H. The van der Waals surface area contributed by atoms with E-state index in [-0.39, 0.29) is 35.7 Å². The zero-order valence-corrected chi connectivity index (χ0v) is 20.5. The van der Waals surface area contributed by atoms with Gasteiger partial charge >= 0.3 is 0 Å². The number of likely N-dealkylation sites (N-methyl/N-ethyl adjacent to an activating group) is 1. The normalized spacial score (nSPS) is 22.0. The van der Waals surface area contributed by atoms with Gasteiger partial charge in [-0.2, -0.15) is 0 Å². The highest BCUT2D eigenvalue weighted by Crippen LogP contribution is 2.26. The first-order valence-corrected chi connectivity index (χ1v) is 10.5. The largest absolute Gasteiger partial charge is 0.365 e. The lowest BCUT2D eigenvalue weighted by atomic mass is 10.1. The molecule has 2 fully saturated rings. The third-order valence-electron chi connectivity index (χ3n) is 5.79. The van der Waals surface area contributed by atoms with E-state index >= 15 is 0 Å². The van der Waals surface area contributed by atoms with Crippen molar-refractivity contribution < 1.29 is 8.78 Å². The van der Waals surface area contributed by atoms with Gasteiger partial charge in [0.05, 0.1) is 0 Å². The molecule has 0 saturated carbocycles. The lowest BCUT2D eigenvalue weighted by Crippen LogP contribution is -2.49. The van der Waals surface area contributed by atoms with E-state index in [0.717, 1.165) is 51.6 Å². The van der Waals surface area contributed by atoms with Crippen LogP contribution in [0.25, 0.3) is 0 Å². The van der Waals surface area contributed by atoms with Crippen molar-refractivity contribution in [2.75, 3.05) is 71.4 Å². The van der Waals surface area contributed by atoms with Gasteiger partial charge in [0.25, 0.3) is 0 Å². The molecule has 2 saturated heterocycles. The Morgan fingerprint density at radius 3 is 2.47 bits per heavy atom. The van der Waals surface area contributed by atoms with Gasteiger partial charge in [-0.25, -0.2) is 8.78 Å². The lowest BCUT2D eigenvalue weighted by Gasteiger charge is -2.34. The van der Waals surface area contributed by atoms with Crippen molar-refractivity contribution in [2.45, 2.75) is 19.4 Å². The molecule has 6 nitrogen and oxygen atoms in total. The summed E-state index contributed by atoms with van der Waals surface area (Å²) in [6.07, 6.45) is 0.811. The molecule has 9 heteroatoms. The number of benzene rings is 1. The van der Waals surface area contributed by atoms with Gasteiger partial charge in [-0.3, -0.25) is 4.99 Å². The minimum Gasteiger partial charge on any atom is -0.365 e. The Bertz CT molecular complexity index is 676. The highest BCUT2D eigenvalue weighted by atomic mass is 127. The summed E-state index contributed by atoms with van der Waals surface area (Å²) < 4.78 is 28.1. The van der Waals surface area contributed by atoms with E-state index in [1.54, 1.807) is 11.9 Å². The van der Waals surface area contributed by atoms with E-state index in [1.165, 1.54) is 18.2 Å². The Kier molecular flexibility index (Phi) is 10.0. The molecule has 2 heterocycles. The van der Waals surface area contributed by atoms with Crippen LogP contribution in [0.3, 0.4) is 0 Å². The third kappa shape index (κ3) is 6.91. The number of hydrogen-bond acceptors (Lipinski definition) is 4. The first-order chi connectivity index (χ1) is 14.0. The Balaban J connectivity index is 0.00000320. The monoisotopic (exact) mass is 536 g/mol. The van der Waals surface area contributed by atoms with Crippen molar-refractivity contribution in [3.05, 3.63) is 29.8 Å². The minimum atomic E-state index is -0.508. The van der Waals surface area contributed by atoms with E-state index in [9.17, 15) is 8.78 Å². The molecule has 2 atom stereocenters. The molecule has 2 aliphatic rings. The van der Waals surface area contributed by atoms with Crippen molar-refractivity contribution in [2.24, 2.45) is 10.9 Å². The second-order valence-corrected chi connectivity index (χ2v) is 8.31. The molecule has 2 N–H and O–H groups in total. The van der Waals surface area contributed by atoms with Crippen LogP contribution in [-0.4, -0.2) is 88.3 Å². The molecule has 1 aromatic carbocycles. The Morgan fingerprint density at radius 1 is 1.17 bits per heavy atom. The molecule has 0 amide bonds. The molecule has 2 aliphatic heterocycles. The smallest absolute Gasteiger partial charge is 0.191 e. The molecule has 2 unspecified atom stereocenters. The summed E-state index contributed by atoms with van der Waals surface area (Å²) in [7, 11) is 3.92. The molecule has 0 aromatic heterocycles. The summed E-state index contributed by atoms with van der Waals surface area (Å²) in [6.45, 7) is 9.83. The van der Waals surface area contributed by atoms with E-state index in [0.29, 0.717) is 19.0 Å². The fourth-order valence-corrected chi connectivity index (χ4v) is 4.07. The van der Waals surface area contributed by atoms with Gasteiger partial charge in [-0.15, -0.1) is 24.0 Å². The van der Waals surface area contributed by atoms with E-state index in [4.69, 9.17) is 0 Å². The number of nitrogens with one attached hydrogen (secondary N) is 2. The number of aliphatic imine (C=N–C) groups is 1. The van der Waals surface area contributed by atoms with Gasteiger partial charge in [0.15, 0.2) is 5.96 Å². The second-order valence-electron chi connectivity index (χ2n) is 8.31. The van der Waals surface area contributed by atoms with Crippen LogP contribution in [0.2, 0.25) is 0 Å². The van der Waals surface area contributed by atoms with Gasteiger partial charge in [-0.05, 0) is 31.5 Å². The molecule has 3 rings (SSSR count). The average molecular weight is 536 g/mol. The number of halogens is 3. The number of para-hydroxylation sites is 1. The van der Waals surface area contributed by atoms with Gasteiger partial charge in [0, 0.05) is 65.4 Å². The summed E-state index contributed by atoms with van der Waals surface area (Å²) in [5, 5.41) is 6.81. The van der Waals surface area contributed by atoms with Gasteiger partial charge in [-0.1, -0.05) is 13.0 Å². The molecule has 30 heavy (non-hydrogen) atoms. The summed E-state index contributed by atoms with van der Waals surface area (Å²) in [4.78, 5) is 11.0. The highest BCUT2D eigenvalue weighted by molar-refractivity contribution is 14.0. The van der Waals surface area contributed by atoms with Crippen LogP contribution in [0.4, 0.5) is 14.5 Å². The highest BCUT2D eigenvalue weighted by Gasteiger charge is 2.27. The van der Waals surface area contributed by atoms with Crippen LogP contribution >= 0.6 is 24.0 Å². The van der Waals surface area contributed by atoms with Crippen molar-refractivity contribution in [1.29, 1.82) is 0 Å². The molecule has 0 aliphatic carbocycles. The van der Waals surface area contributed by atoms with Crippen LogP contribution in [0, 0.1) is 17.6 Å². The maximum absolute atomic E-state index is 14.0. The predicted octanol–water partition coefficient (Wildman–Crippen LogP) is 2.21. The summed E-state index contributed by atoms with van der Waals surface area (Å²) in [6, 6.07) is 4.12.